The van der Waals surface area contributed by atoms with E-state index in [2.05, 4.69) is 20.8 Å². The number of aliphatic hydroxyl groups is 1. The van der Waals surface area contributed by atoms with Gasteiger partial charge in [-0.25, -0.2) is 0 Å². The molecule has 3 nitrogen and oxygen atoms in total. The van der Waals surface area contributed by atoms with Crippen LogP contribution in [-0.2, 0) is 9.47 Å². The Morgan fingerprint density at radius 1 is 1.54 bits per heavy atom. The van der Waals surface area contributed by atoms with E-state index in [0.717, 1.165) is 6.61 Å². The maximum Gasteiger partial charge on any atom is 0.0835 e. The Morgan fingerprint density at radius 3 is 2.62 bits per heavy atom. The zero-order chi connectivity index (χ0) is 9.90. The summed E-state index contributed by atoms with van der Waals surface area (Å²) in [6.07, 6.45) is 0.632. The molecule has 1 N–H and O–H groups in total. The lowest BCUT2D eigenvalue weighted by atomic mass is 9.99. The van der Waals surface area contributed by atoms with Crippen molar-refractivity contribution in [3.8, 4) is 0 Å². The van der Waals surface area contributed by atoms with Crippen molar-refractivity contribution >= 4 is 0 Å². The van der Waals surface area contributed by atoms with Gasteiger partial charge in [-0.2, -0.15) is 0 Å². The third kappa shape index (κ3) is 6.02. The normalized spacial score (nSPS) is 24.5. The van der Waals surface area contributed by atoms with E-state index in [4.69, 9.17) is 9.47 Å². The van der Waals surface area contributed by atoms with Crippen molar-refractivity contribution < 1.29 is 14.6 Å². The molecule has 1 aliphatic rings. The lowest BCUT2D eigenvalue weighted by Crippen LogP contribution is -2.22. The number of aliphatic hydroxyl groups excluding tert-OH is 1. The second-order valence-electron chi connectivity index (χ2n) is 4.92. The van der Waals surface area contributed by atoms with Crippen molar-refractivity contribution in [2.24, 2.45) is 5.41 Å². The quantitative estimate of drug-likeness (QED) is 0.659. The van der Waals surface area contributed by atoms with E-state index in [-0.39, 0.29) is 17.6 Å². The van der Waals surface area contributed by atoms with Crippen LogP contribution in [0.25, 0.3) is 0 Å². The maximum atomic E-state index is 9.45. The average molecular weight is 188 g/mol. The first-order chi connectivity index (χ1) is 5.97. The Morgan fingerprint density at radius 2 is 2.15 bits per heavy atom. The monoisotopic (exact) mass is 188 g/mol. The number of hydrogen-bond acceptors (Lipinski definition) is 3. The molecule has 0 aliphatic carbocycles. The Balaban J connectivity index is 1.97. The molecule has 1 saturated heterocycles. The molecule has 78 valence electrons. The lowest BCUT2D eigenvalue weighted by molar-refractivity contribution is 0.00131. The summed E-state index contributed by atoms with van der Waals surface area (Å²) in [4.78, 5) is 0. The van der Waals surface area contributed by atoms with Crippen LogP contribution in [0.3, 0.4) is 0 Å². The van der Waals surface area contributed by atoms with Crippen LogP contribution in [-0.4, -0.2) is 37.1 Å². The van der Waals surface area contributed by atoms with Gasteiger partial charge in [-0.05, 0) is 5.41 Å². The summed E-state index contributed by atoms with van der Waals surface area (Å²) in [5.74, 6) is 0. The van der Waals surface area contributed by atoms with Gasteiger partial charge >= 0.3 is 0 Å². The molecule has 0 spiro atoms. The highest BCUT2D eigenvalue weighted by Gasteiger charge is 2.25. The van der Waals surface area contributed by atoms with Crippen molar-refractivity contribution in [1.29, 1.82) is 0 Å². The Hall–Kier alpha value is -0.120. The Kier molecular flexibility index (Phi) is 3.71. The van der Waals surface area contributed by atoms with Crippen LogP contribution in [0.5, 0.6) is 0 Å². The van der Waals surface area contributed by atoms with Crippen molar-refractivity contribution in [2.75, 3.05) is 19.8 Å². The standard InChI is InChI=1S/C10H20O3/c1-10(2,3)7-12-5-8(11)4-9-6-13-9/h8-9,11H,4-7H2,1-3H3. The Labute approximate surface area is 80.0 Å². The zero-order valence-electron chi connectivity index (χ0n) is 8.75. The van der Waals surface area contributed by atoms with Crippen LogP contribution in [0.4, 0.5) is 0 Å². The van der Waals surface area contributed by atoms with Gasteiger partial charge in [0, 0.05) is 6.42 Å². The largest absolute Gasteiger partial charge is 0.391 e. The third-order valence-corrected chi connectivity index (χ3v) is 1.78. The smallest absolute Gasteiger partial charge is 0.0835 e. The minimum atomic E-state index is -0.366. The lowest BCUT2D eigenvalue weighted by Gasteiger charge is -2.19. The second-order valence-corrected chi connectivity index (χ2v) is 4.92. The van der Waals surface area contributed by atoms with Crippen molar-refractivity contribution in [2.45, 2.75) is 39.4 Å². The first kappa shape index (κ1) is 11.0. The van der Waals surface area contributed by atoms with Gasteiger partial charge in [0.2, 0.25) is 0 Å². The highest BCUT2D eigenvalue weighted by atomic mass is 16.6. The summed E-state index contributed by atoms with van der Waals surface area (Å²) in [7, 11) is 0. The van der Waals surface area contributed by atoms with Crippen LogP contribution in [0.1, 0.15) is 27.2 Å². The minimum absolute atomic E-state index is 0.176. The fourth-order valence-electron chi connectivity index (χ4n) is 1.08. The van der Waals surface area contributed by atoms with Gasteiger partial charge in [0.1, 0.15) is 0 Å². The molecule has 0 aromatic rings. The molecule has 2 unspecified atom stereocenters. The predicted molar refractivity (Wildman–Crippen MR) is 50.6 cm³/mol. The molecule has 1 rings (SSSR count). The average Bonchev–Trinajstić information content (AvgIpc) is 2.68. The second kappa shape index (κ2) is 4.40. The molecule has 3 heteroatoms. The van der Waals surface area contributed by atoms with E-state index in [0.29, 0.717) is 19.6 Å². The number of rotatable bonds is 5. The molecule has 1 heterocycles. The maximum absolute atomic E-state index is 9.45. The van der Waals surface area contributed by atoms with E-state index in [1.807, 2.05) is 0 Å². The van der Waals surface area contributed by atoms with Gasteiger partial charge in [-0.3, -0.25) is 0 Å². The van der Waals surface area contributed by atoms with E-state index in [1.54, 1.807) is 0 Å². The van der Waals surface area contributed by atoms with Crippen molar-refractivity contribution in [1.82, 2.24) is 0 Å². The summed E-state index contributed by atoms with van der Waals surface area (Å²) < 4.78 is 10.4. The topological polar surface area (TPSA) is 42.0 Å². The molecule has 0 radical (unpaired) electrons. The predicted octanol–water partition coefficient (Wildman–Crippen LogP) is 1.20. The molecule has 13 heavy (non-hydrogen) atoms. The van der Waals surface area contributed by atoms with Crippen molar-refractivity contribution in [3.05, 3.63) is 0 Å². The fraction of sp³-hybridized carbons (Fsp3) is 1.00. The SMILES string of the molecule is CC(C)(C)COCC(O)CC1CO1. The van der Waals surface area contributed by atoms with Gasteiger partial charge in [0.15, 0.2) is 0 Å². The Bertz CT molecular complexity index is 147. The molecule has 0 aromatic carbocycles. The minimum Gasteiger partial charge on any atom is -0.391 e. The van der Waals surface area contributed by atoms with Gasteiger partial charge in [0.25, 0.3) is 0 Å². The first-order valence-electron chi connectivity index (χ1n) is 4.85. The van der Waals surface area contributed by atoms with Gasteiger partial charge in [0.05, 0.1) is 32.0 Å². The molecule has 0 aromatic heterocycles. The molecule has 2 atom stereocenters. The summed E-state index contributed by atoms with van der Waals surface area (Å²) in [6, 6.07) is 0. The van der Waals surface area contributed by atoms with Crippen LogP contribution in [0.15, 0.2) is 0 Å². The highest BCUT2D eigenvalue weighted by Crippen LogP contribution is 2.17. The first-order valence-corrected chi connectivity index (χ1v) is 4.85. The fourth-order valence-corrected chi connectivity index (χ4v) is 1.08. The summed E-state index contributed by atoms with van der Waals surface area (Å²) in [5.41, 5.74) is 0.176. The van der Waals surface area contributed by atoms with Gasteiger partial charge in [-0.15, -0.1) is 0 Å². The molecular formula is C10H20O3. The molecule has 0 bridgehead atoms. The van der Waals surface area contributed by atoms with Gasteiger partial charge in [-0.1, -0.05) is 20.8 Å². The van der Waals surface area contributed by atoms with Crippen LogP contribution in [0, 0.1) is 5.41 Å². The molecule has 0 saturated carbocycles. The molecule has 1 aliphatic heterocycles. The molecule has 1 fully saturated rings. The van der Waals surface area contributed by atoms with E-state index < -0.39 is 0 Å². The number of hydrogen-bond donors (Lipinski definition) is 1. The van der Waals surface area contributed by atoms with E-state index in [9.17, 15) is 5.11 Å². The molecule has 0 amide bonds. The van der Waals surface area contributed by atoms with Crippen LogP contribution < -0.4 is 0 Å². The summed E-state index contributed by atoms with van der Waals surface area (Å²) in [6.45, 7) is 8.26. The van der Waals surface area contributed by atoms with Crippen molar-refractivity contribution in [3.63, 3.8) is 0 Å². The highest BCUT2D eigenvalue weighted by molar-refractivity contribution is 4.73. The third-order valence-electron chi connectivity index (χ3n) is 1.78. The molecular weight excluding hydrogens is 168 g/mol. The van der Waals surface area contributed by atoms with E-state index >= 15 is 0 Å². The van der Waals surface area contributed by atoms with Gasteiger partial charge < -0.3 is 14.6 Å². The number of ether oxygens (including phenoxy) is 2. The number of epoxide rings is 1. The summed E-state index contributed by atoms with van der Waals surface area (Å²) >= 11 is 0. The zero-order valence-corrected chi connectivity index (χ0v) is 8.75. The van der Waals surface area contributed by atoms with Crippen LogP contribution >= 0.6 is 0 Å². The van der Waals surface area contributed by atoms with E-state index in [1.165, 1.54) is 0 Å². The van der Waals surface area contributed by atoms with Crippen LogP contribution in [0.2, 0.25) is 0 Å². The summed E-state index contributed by atoms with van der Waals surface area (Å²) in [5, 5.41) is 9.45.